The van der Waals surface area contributed by atoms with Gasteiger partial charge in [0.25, 0.3) is 0 Å². The molecule has 1 aromatic heterocycles. The van der Waals surface area contributed by atoms with Crippen molar-refractivity contribution in [2.45, 2.75) is 66.2 Å². The molecule has 0 aliphatic carbocycles. The van der Waals surface area contributed by atoms with Crippen LogP contribution in [0.5, 0.6) is 0 Å². The van der Waals surface area contributed by atoms with Crippen LogP contribution in [0.15, 0.2) is 11.8 Å². The normalized spacial score (nSPS) is 15.4. The van der Waals surface area contributed by atoms with E-state index >= 15 is 0 Å². The highest BCUT2D eigenvalue weighted by Crippen LogP contribution is 2.34. The fourth-order valence-electron chi connectivity index (χ4n) is 3.31. The van der Waals surface area contributed by atoms with Gasteiger partial charge in [-0.3, -0.25) is 0 Å². The van der Waals surface area contributed by atoms with E-state index in [-0.39, 0.29) is 0 Å². The van der Waals surface area contributed by atoms with Gasteiger partial charge in [0, 0.05) is 11.4 Å². The number of hydrogen-bond acceptors (Lipinski definition) is 1. The first kappa shape index (κ1) is 13.4. The Labute approximate surface area is 111 Å². The fourth-order valence-corrected chi connectivity index (χ4v) is 3.31. The van der Waals surface area contributed by atoms with Crippen LogP contribution in [-0.4, -0.2) is 9.78 Å². The molecule has 0 amide bonds. The molecule has 0 N–H and O–H groups in total. The first-order chi connectivity index (χ1) is 8.69. The molecule has 100 valence electrons. The van der Waals surface area contributed by atoms with Crippen molar-refractivity contribution in [2.24, 2.45) is 5.92 Å². The summed E-state index contributed by atoms with van der Waals surface area (Å²) in [5.41, 5.74) is 5.82. The summed E-state index contributed by atoms with van der Waals surface area (Å²) in [6, 6.07) is 0. The van der Waals surface area contributed by atoms with Gasteiger partial charge in [-0.2, -0.15) is 5.10 Å². The zero-order chi connectivity index (χ0) is 13.1. The lowest BCUT2D eigenvalue weighted by Gasteiger charge is -2.27. The zero-order valence-electron chi connectivity index (χ0n) is 12.3. The van der Waals surface area contributed by atoms with E-state index in [1.165, 1.54) is 55.5 Å². The van der Waals surface area contributed by atoms with Gasteiger partial charge in [-0.25, -0.2) is 4.68 Å². The van der Waals surface area contributed by atoms with Crippen LogP contribution in [-0.2, 0) is 6.42 Å². The second-order valence-electron chi connectivity index (χ2n) is 5.57. The van der Waals surface area contributed by atoms with Gasteiger partial charge in [-0.15, -0.1) is 0 Å². The molecule has 18 heavy (non-hydrogen) atoms. The molecule has 0 aromatic carbocycles. The Morgan fingerprint density at radius 2 is 1.83 bits per heavy atom. The van der Waals surface area contributed by atoms with Crippen molar-refractivity contribution in [1.29, 1.82) is 0 Å². The molecule has 0 spiro atoms. The van der Waals surface area contributed by atoms with Crippen LogP contribution < -0.4 is 0 Å². The third kappa shape index (κ3) is 2.38. The van der Waals surface area contributed by atoms with Crippen molar-refractivity contribution < 1.29 is 0 Å². The second kappa shape index (κ2) is 5.73. The molecule has 2 rings (SSSR count). The smallest absolute Gasteiger partial charge is 0.0526 e. The van der Waals surface area contributed by atoms with Crippen molar-refractivity contribution in [2.75, 3.05) is 0 Å². The third-order valence-electron chi connectivity index (χ3n) is 4.26. The SMILES string of the molecule is CCCC(CCC)C1=C(C)n2ncc(C)c2CC1. The molecule has 0 saturated heterocycles. The highest BCUT2D eigenvalue weighted by atomic mass is 15.3. The molecule has 1 aliphatic rings. The lowest BCUT2D eigenvalue weighted by Crippen LogP contribution is -2.17. The Morgan fingerprint density at radius 3 is 2.44 bits per heavy atom. The summed E-state index contributed by atoms with van der Waals surface area (Å²) in [6.07, 6.45) is 9.65. The van der Waals surface area contributed by atoms with Crippen LogP contribution >= 0.6 is 0 Å². The summed E-state index contributed by atoms with van der Waals surface area (Å²) < 4.78 is 2.19. The molecule has 2 heterocycles. The summed E-state index contributed by atoms with van der Waals surface area (Å²) >= 11 is 0. The van der Waals surface area contributed by atoms with E-state index in [1.807, 2.05) is 6.20 Å². The summed E-state index contributed by atoms with van der Waals surface area (Å²) in [6.45, 7) is 9.02. The molecule has 2 heteroatoms. The Balaban J connectivity index is 2.32. The van der Waals surface area contributed by atoms with Crippen LogP contribution in [0.1, 0.15) is 64.1 Å². The molecular weight excluding hydrogens is 220 g/mol. The molecular formula is C16H26N2. The van der Waals surface area contributed by atoms with E-state index in [4.69, 9.17) is 0 Å². The average molecular weight is 246 g/mol. The molecule has 2 nitrogen and oxygen atoms in total. The fraction of sp³-hybridized carbons (Fsp3) is 0.688. The van der Waals surface area contributed by atoms with Crippen molar-refractivity contribution in [3.8, 4) is 0 Å². The number of aromatic nitrogens is 2. The van der Waals surface area contributed by atoms with Crippen molar-refractivity contribution >= 4 is 5.70 Å². The van der Waals surface area contributed by atoms with Crippen LogP contribution in [0.3, 0.4) is 0 Å². The van der Waals surface area contributed by atoms with Crippen molar-refractivity contribution in [3.05, 3.63) is 23.0 Å². The predicted octanol–water partition coefficient (Wildman–Crippen LogP) is 4.59. The highest BCUT2D eigenvalue weighted by Gasteiger charge is 2.23. The predicted molar refractivity (Wildman–Crippen MR) is 77.5 cm³/mol. The Hall–Kier alpha value is -1.05. The third-order valence-corrected chi connectivity index (χ3v) is 4.26. The maximum Gasteiger partial charge on any atom is 0.0526 e. The molecule has 0 unspecified atom stereocenters. The number of hydrogen-bond donors (Lipinski definition) is 0. The minimum Gasteiger partial charge on any atom is -0.242 e. The second-order valence-corrected chi connectivity index (χ2v) is 5.57. The Morgan fingerprint density at radius 1 is 1.17 bits per heavy atom. The van der Waals surface area contributed by atoms with Gasteiger partial charge in [0.05, 0.1) is 6.20 Å². The van der Waals surface area contributed by atoms with Crippen LogP contribution in [0.2, 0.25) is 0 Å². The number of allylic oxidation sites excluding steroid dienone is 2. The lowest BCUT2D eigenvalue weighted by atomic mass is 9.84. The first-order valence-electron chi connectivity index (χ1n) is 7.42. The first-order valence-corrected chi connectivity index (χ1v) is 7.42. The van der Waals surface area contributed by atoms with Gasteiger partial charge in [-0.1, -0.05) is 26.7 Å². The maximum atomic E-state index is 4.55. The van der Waals surface area contributed by atoms with E-state index < -0.39 is 0 Å². The zero-order valence-corrected chi connectivity index (χ0v) is 12.3. The molecule has 1 aliphatic heterocycles. The monoisotopic (exact) mass is 246 g/mol. The molecule has 0 fully saturated rings. The summed E-state index contributed by atoms with van der Waals surface area (Å²) in [7, 11) is 0. The number of rotatable bonds is 5. The van der Waals surface area contributed by atoms with Gasteiger partial charge in [0.1, 0.15) is 0 Å². The van der Waals surface area contributed by atoms with Crippen molar-refractivity contribution in [1.82, 2.24) is 9.78 Å². The highest BCUT2D eigenvalue weighted by molar-refractivity contribution is 5.52. The van der Waals surface area contributed by atoms with Gasteiger partial charge < -0.3 is 0 Å². The molecule has 0 bridgehead atoms. The standard InChI is InChI=1S/C16H26N2/c1-5-7-14(8-6-2)15-9-10-16-12(3)11-17-18(16)13(15)4/h11,14H,5-10H2,1-4H3. The molecule has 0 radical (unpaired) electrons. The van der Waals surface area contributed by atoms with E-state index in [0.29, 0.717) is 0 Å². The average Bonchev–Trinajstić information content (AvgIpc) is 2.73. The molecule has 0 atom stereocenters. The summed E-state index contributed by atoms with van der Waals surface area (Å²) in [4.78, 5) is 0. The van der Waals surface area contributed by atoms with Gasteiger partial charge >= 0.3 is 0 Å². The van der Waals surface area contributed by atoms with Gasteiger partial charge in [-0.05, 0) is 56.6 Å². The number of nitrogens with zero attached hydrogens (tertiary/aromatic N) is 2. The molecule has 1 aromatic rings. The van der Waals surface area contributed by atoms with Crippen LogP contribution in [0.25, 0.3) is 5.70 Å². The van der Waals surface area contributed by atoms with E-state index in [2.05, 4.69) is 37.5 Å². The van der Waals surface area contributed by atoms with Gasteiger partial charge in [0.15, 0.2) is 0 Å². The van der Waals surface area contributed by atoms with Gasteiger partial charge in [0.2, 0.25) is 0 Å². The number of fused-ring (bicyclic) bond motifs is 1. The largest absolute Gasteiger partial charge is 0.242 e. The quantitative estimate of drug-likeness (QED) is 0.743. The Bertz CT molecular complexity index is 434. The molecule has 0 saturated carbocycles. The van der Waals surface area contributed by atoms with Crippen LogP contribution in [0, 0.1) is 12.8 Å². The van der Waals surface area contributed by atoms with Crippen molar-refractivity contribution in [3.63, 3.8) is 0 Å². The summed E-state index contributed by atoms with van der Waals surface area (Å²) in [5.74, 6) is 0.776. The maximum absolute atomic E-state index is 4.55. The minimum absolute atomic E-state index is 0.776. The van der Waals surface area contributed by atoms with E-state index in [1.54, 1.807) is 5.57 Å². The Kier molecular flexibility index (Phi) is 4.26. The van der Waals surface area contributed by atoms with E-state index in [0.717, 1.165) is 5.92 Å². The van der Waals surface area contributed by atoms with Crippen LogP contribution in [0.4, 0.5) is 0 Å². The summed E-state index contributed by atoms with van der Waals surface area (Å²) in [5, 5.41) is 4.55. The topological polar surface area (TPSA) is 17.8 Å². The lowest BCUT2D eigenvalue weighted by molar-refractivity contribution is 0.480. The minimum atomic E-state index is 0.776. The number of aryl methyl sites for hydroxylation is 1. The van der Waals surface area contributed by atoms with E-state index in [9.17, 15) is 0 Å².